The van der Waals surface area contributed by atoms with Crippen molar-refractivity contribution in [1.82, 2.24) is 25.5 Å². The molecule has 1 aliphatic carbocycles. The first-order valence-corrected chi connectivity index (χ1v) is 4.90. The van der Waals surface area contributed by atoms with E-state index in [2.05, 4.69) is 20.7 Å². The van der Waals surface area contributed by atoms with E-state index >= 15 is 0 Å². The third-order valence-electron chi connectivity index (χ3n) is 2.55. The van der Waals surface area contributed by atoms with Crippen molar-refractivity contribution in [2.45, 2.75) is 38.0 Å². The summed E-state index contributed by atoms with van der Waals surface area (Å²) < 4.78 is 0. The standard InChI is InChI=1S/C8H15N5O/c1-13-11-8(10-12-13)5-9-6-3-2-4-7(6)14/h6-7,9,14H,2-5H2,1H3. The molecule has 2 atom stereocenters. The van der Waals surface area contributed by atoms with E-state index in [0.717, 1.165) is 19.3 Å². The molecule has 78 valence electrons. The Morgan fingerprint density at radius 2 is 2.43 bits per heavy atom. The van der Waals surface area contributed by atoms with Crippen LogP contribution in [-0.4, -0.2) is 37.5 Å². The molecule has 1 saturated carbocycles. The van der Waals surface area contributed by atoms with Gasteiger partial charge in [-0.3, -0.25) is 0 Å². The van der Waals surface area contributed by atoms with Gasteiger partial charge in [-0.1, -0.05) is 0 Å². The molecule has 2 unspecified atom stereocenters. The zero-order valence-corrected chi connectivity index (χ0v) is 8.22. The predicted molar refractivity (Wildman–Crippen MR) is 49.3 cm³/mol. The van der Waals surface area contributed by atoms with Gasteiger partial charge in [0.15, 0.2) is 5.82 Å². The van der Waals surface area contributed by atoms with Crippen molar-refractivity contribution in [3.63, 3.8) is 0 Å². The van der Waals surface area contributed by atoms with Crippen molar-refractivity contribution in [2.24, 2.45) is 7.05 Å². The molecule has 1 heterocycles. The lowest BCUT2D eigenvalue weighted by Gasteiger charge is -2.14. The van der Waals surface area contributed by atoms with Gasteiger partial charge in [0.2, 0.25) is 0 Å². The van der Waals surface area contributed by atoms with Crippen molar-refractivity contribution in [3.05, 3.63) is 5.82 Å². The summed E-state index contributed by atoms with van der Waals surface area (Å²) in [6, 6.07) is 0.193. The number of aliphatic hydroxyl groups excluding tert-OH is 1. The summed E-state index contributed by atoms with van der Waals surface area (Å²) in [7, 11) is 1.74. The van der Waals surface area contributed by atoms with Crippen LogP contribution in [-0.2, 0) is 13.6 Å². The van der Waals surface area contributed by atoms with E-state index in [4.69, 9.17) is 0 Å². The maximum absolute atomic E-state index is 9.55. The summed E-state index contributed by atoms with van der Waals surface area (Å²) in [6.07, 6.45) is 2.80. The number of aliphatic hydroxyl groups is 1. The third-order valence-corrected chi connectivity index (χ3v) is 2.55. The van der Waals surface area contributed by atoms with Gasteiger partial charge in [0.1, 0.15) is 0 Å². The van der Waals surface area contributed by atoms with E-state index in [1.54, 1.807) is 7.05 Å². The second-order valence-corrected chi connectivity index (χ2v) is 3.68. The minimum Gasteiger partial charge on any atom is -0.392 e. The molecule has 0 aromatic carbocycles. The average Bonchev–Trinajstić information content (AvgIpc) is 2.72. The molecule has 0 bridgehead atoms. The monoisotopic (exact) mass is 197 g/mol. The average molecular weight is 197 g/mol. The molecule has 1 aromatic rings. The smallest absolute Gasteiger partial charge is 0.188 e. The van der Waals surface area contributed by atoms with Crippen LogP contribution in [0, 0.1) is 0 Å². The maximum Gasteiger partial charge on any atom is 0.188 e. The van der Waals surface area contributed by atoms with E-state index < -0.39 is 0 Å². The fraction of sp³-hybridized carbons (Fsp3) is 0.875. The lowest BCUT2D eigenvalue weighted by Crippen LogP contribution is -2.35. The van der Waals surface area contributed by atoms with Gasteiger partial charge in [-0.25, -0.2) is 0 Å². The van der Waals surface area contributed by atoms with E-state index in [9.17, 15) is 5.11 Å². The number of tetrazole rings is 1. The number of nitrogens with zero attached hydrogens (tertiary/aromatic N) is 4. The van der Waals surface area contributed by atoms with Crippen LogP contribution in [0.5, 0.6) is 0 Å². The lowest BCUT2D eigenvalue weighted by molar-refractivity contribution is 0.148. The first-order valence-electron chi connectivity index (χ1n) is 4.90. The van der Waals surface area contributed by atoms with Crippen molar-refractivity contribution in [3.8, 4) is 0 Å². The molecule has 0 saturated heterocycles. The molecular formula is C8H15N5O. The van der Waals surface area contributed by atoms with Gasteiger partial charge in [0.25, 0.3) is 0 Å². The van der Waals surface area contributed by atoms with Crippen LogP contribution in [0.4, 0.5) is 0 Å². The number of rotatable bonds is 3. The van der Waals surface area contributed by atoms with Gasteiger partial charge in [0.05, 0.1) is 19.7 Å². The van der Waals surface area contributed by atoms with E-state index in [1.165, 1.54) is 4.80 Å². The second-order valence-electron chi connectivity index (χ2n) is 3.68. The van der Waals surface area contributed by atoms with Crippen molar-refractivity contribution < 1.29 is 5.11 Å². The molecule has 6 heteroatoms. The zero-order chi connectivity index (χ0) is 9.97. The molecule has 0 amide bonds. The topological polar surface area (TPSA) is 75.9 Å². The number of hydrogen-bond donors (Lipinski definition) is 2. The minimum absolute atomic E-state index is 0.193. The number of aryl methyl sites for hydroxylation is 1. The van der Waals surface area contributed by atoms with Gasteiger partial charge >= 0.3 is 0 Å². The molecule has 2 rings (SSSR count). The second kappa shape index (κ2) is 4.02. The minimum atomic E-state index is -0.216. The highest BCUT2D eigenvalue weighted by Gasteiger charge is 2.24. The Balaban J connectivity index is 1.82. The molecule has 2 N–H and O–H groups in total. The highest BCUT2D eigenvalue weighted by Crippen LogP contribution is 2.18. The zero-order valence-electron chi connectivity index (χ0n) is 8.22. The fourth-order valence-corrected chi connectivity index (χ4v) is 1.80. The van der Waals surface area contributed by atoms with Crippen LogP contribution in [0.3, 0.4) is 0 Å². The summed E-state index contributed by atoms with van der Waals surface area (Å²) in [5.41, 5.74) is 0. The van der Waals surface area contributed by atoms with Crippen LogP contribution >= 0.6 is 0 Å². The summed E-state index contributed by atoms with van der Waals surface area (Å²) >= 11 is 0. The predicted octanol–water partition coefficient (Wildman–Crippen LogP) is -0.787. The first kappa shape index (κ1) is 9.54. The molecule has 0 aliphatic heterocycles. The van der Waals surface area contributed by atoms with Crippen molar-refractivity contribution in [1.29, 1.82) is 0 Å². The quantitative estimate of drug-likeness (QED) is 0.664. The molecule has 6 nitrogen and oxygen atoms in total. The molecule has 1 aliphatic rings. The van der Waals surface area contributed by atoms with Crippen LogP contribution in [0.1, 0.15) is 25.1 Å². The Hall–Kier alpha value is -1.01. The summed E-state index contributed by atoms with van der Waals surface area (Å²) in [5.74, 6) is 0.673. The molecule has 14 heavy (non-hydrogen) atoms. The Bertz CT molecular complexity index is 300. The largest absolute Gasteiger partial charge is 0.392 e. The van der Waals surface area contributed by atoms with Gasteiger partial charge in [0, 0.05) is 6.04 Å². The summed E-state index contributed by atoms with van der Waals surface area (Å²) in [6.45, 7) is 0.579. The van der Waals surface area contributed by atoms with Gasteiger partial charge in [-0.2, -0.15) is 4.80 Å². The van der Waals surface area contributed by atoms with Crippen molar-refractivity contribution in [2.75, 3.05) is 0 Å². The maximum atomic E-state index is 9.55. The van der Waals surface area contributed by atoms with Gasteiger partial charge in [-0.15, -0.1) is 10.2 Å². The Morgan fingerprint density at radius 3 is 3.00 bits per heavy atom. The Morgan fingerprint density at radius 1 is 1.57 bits per heavy atom. The summed E-state index contributed by atoms with van der Waals surface area (Å²) in [5, 5.41) is 24.4. The van der Waals surface area contributed by atoms with Crippen LogP contribution in [0.25, 0.3) is 0 Å². The highest BCUT2D eigenvalue weighted by molar-refractivity contribution is 4.85. The molecule has 0 spiro atoms. The normalized spacial score (nSPS) is 27.0. The molecule has 1 aromatic heterocycles. The van der Waals surface area contributed by atoms with Crippen LogP contribution in [0.15, 0.2) is 0 Å². The first-order chi connectivity index (χ1) is 6.75. The fourth-order valence-electron chi connectivity index (χ4n) is 1.80. The Labute approximate surface area is 82.3 Å². The van der Waals surface area contributed by atoms with E-state index in [1.807, 2.05) is 0 Å². The van der Waals surface area contributed by atoms with Crippen LogP contribution < -0.4 is 5.32 Å². The lowest BCUT2D eigenvalue weighted by atomic mass is 10.2. The SMILES string of the molecule is Cn1nnc(CNC2CCCC2O)n1. The van der Waals surface area contributed by atoms with Crippen molar-refractivity contribution >= 4 is 0 Å². The van der Waals surface area contributed by atoms with Gasteiger partial charge in [-0.05, 0) is 24.5 Å². The number of nitrogens with one attached hydrogen (secondary N) is 1. The van der Waals surface area contributed by atoms with Crippen LogP contribution in [0.2, 0.25) is 0 Å². The highest BCUT2D eigenvalue weighted by atomic mass is 16.3. The third kappa shape index (κ3) is 2.08. The molecule has 0 radical (unpaired) electrons. The number of aromatic nitrogens is 4. The van der Waals surface area contributed by atoms with E-state index in [0.29, 0.717) is 12.4 Å². The summed E-state index contributed by atoms with van der Waals surface area (Å²) in [4.78, 5) is 1.43. The molecular weight excluding hydrogens is 182 g/mol. The molecule has 1 fully saturated rings. The number of hydrogen-bond acceptors (Lipinski definition) is 5. The Kier molecular flexibility index (Phi) is 2.74. The van der Waals surface area contributed by atoms with E-state index in [-0.39, 0.29) is 12.1 Å². The van der Waals surface area contributed by atoms with Gasteiger partial charge < -0.3 is 10.4 Å².